The molecule has 1 aromatic carbocycles. The van der Waals surface area contributed by atoms with E-state index >= 15 is 0 Å². The van der Waals surface area contributed by atoms with E-state index in [9.17, 15) is 19.7 Å². The molecule has 0 saturated heterocycles. The Kier molecular flexibility index (Phi) is 3.80. The number of nitro benzene ring substituents is 1. The van der Waals surface area contributed by atoms with Gasteiger partial charge in [-0.25, -0.2) is 9.59 Å². The lowest BCUT2D eigenvalue weighted by molar-refractivity contribution is -0.385. The number of esters is 2. The van der Waals surface area contributed by atoms with Crippen molar-refractivity contribution >= 4 is 17.6 Å². The number of carbonyl (C=O) groups is 2. The Morgan fingerprint density at radius 1 is 1.42 bits per heavy atom. The van der Waals surface area contributed by atoms with Crippen molar-refractivity contribution in [1.29, 1.82) is 0 Å². The fraction of sp³-hybridized carbons (Fsp3) is 0.250. The number of dihydropyridines is 1. The van der Waals surface area contributed by atoms with Gasteiger partial charge >= 0.3 is 11.9 Å². The average Bonchev–Trinajstić information content (AvgIpc) is 2.95. The summed E-state index contributed by atoms with van der Waals surface area (Å²) in [6, 6.07) is 5.32. The topological polar surface area (TPSA) is 108 Å². The smallest absolute Gasteiger partial charge is 0.340 e. The summed E-state index contributed by atoms with van der Waals surface area (Å²) in [5.74, 6) is -1.19. The van der Waals surface area contributed by atoms with Crippen LogP contribution in [0.15, 0.2) is 46.7 Å². The number of nitrogens with one attached hydrogen (secondary N) is 1. The summed E-state index contributed by atoms with van der Waals surface area (Å²) < 4.78 is 9.81. The third-order valence-corrected chi connectivity index (χ3v) is 4.09. The van der Waals surface area contributed by atoms with Gasteiger partial charge in [0, 0.05) is 6.07 Å². The second-order valence-corrected chi connectivity index (χ2v) is 5.35. The fourth-order valence-electron chi connectivity index (χ4n) is 3.01. The lowest BCUT2D eigenvalue weighted by Crippen LogP contribution is -2.33. The average molecular weight is 330 g/mol. The van der Waals surface area contributed by atoms with E-state index in [4.69, 9.17) is 9.47 Å². The summed E-state index contributed by atoms with van der Waals surface area (Å²) in [5, 5.41) is 14.4. The molecule has 1 N–H and O–H groups in total. The lowest BCUT2D eigenvalue weighted by Gasteiger charge is -2.28. The zero-order chi connectivity index (χ0) is 17.4. The minimum Gasteiger partial charge on any atom is -0.466 e. The van der Waals surface area contributed by atoms with Crippen LogP contribution >= 0.6 is 0 Å². The SMILES string of the molecule is COC(=O)C1=C(C)C2=C(COC2=O)N[C@@H]1c1ccccc1[N+](=O)[O-]. The highest BCUT2D eigenvalue weighted by Crippen LogP contribution is 2.39. The standard InChI is InChI=1S/C16H14N2O6/c1-8-12-10(7-24-16(12)20)17-14(13(8)15(19)23-2)9-5-3-4-6-11(9)18(21)22/h3-6,14,17H,7H2,1-2H3/t14-/m1/s1. The molecule has 0 radical (unpaired) electrons. The predicted molar refractivity (Wildman–Crippen MR) is 81.7 cm³/mol. The van der Waals surface area contributed by atoms with Gasteiger partial charge in [-0.1, -0.05) is 12.1 Å². The molecule has 8 nitrogen and oxygen atoms in total. The van der Waals surface area contributed by atoms with Crippen molar-refractivity contribution in [2.24, 2.45) is 0 Å². The lowest BCUT2D eigenvalue weighted by atomic mass is 9.87. The Morgan fingerprint density at radius 3 is 2.79 bits per heavy atom. The number of hydrogen-bond donors (Lipinski definition) is 1. The number of methoxy groups -OCH3 is 1. The van der Waals surface area contributed by atoms with Crippen LogP contribution < -0.4 is 5.32 Å². The maximum absolute atomic E-state index is 12.3. The molecule has 0 aromatic heterocycles. The summed E-state index contributed by atoms with van der Waals surface area (Å²) in [6.45, 7) is 1.65. The van der Waals surface area contributed by atoms with Crippen LogP contribution in [0, 0.1) is 10.1 Å². The number of nitro groups is 1. The highest BCUT2D eigenvalue weighted by molar-refractivity contribution is 6.02. The zero-order valence-corrected chi connectivity index (χ0v) is 13.0. The van der Waals surface area contributed by atoms with Crippen molar-refractivity contribution in [1.82, 2.24) is 5.32 Å². The van der Waals surface area contributed by atoms with E-state index in [0.29, 0.717) is 16.8 Å². The van der Waals surface area contributed by atoms with E-state index < -0.39 is 22.9 Å². The van der Waals surface area contributed by atoms with E-state index in [2.05, 4.69) is 5.32 Å². The van der Waals surface area contributed by atoms with Gasteiger partial charge < -0.3 is 14.8 Å². The number of para-hydroxylation sites is 1. The predicted octanol–water partition coefficient (Wildman–Crippen LogP) is 1.54. The molecule has 0 aliphatic carbocycles. The van der Waals surface area contributed by atoms with Crippen molar-refractivity contribution in [3.05, 3.63) is 62.4 Å². The number of nitrogens with zero attached hydrogens (tertiary/aromatic N) is 1. The third kappa shape index (κ3) is 2.32. The second kappa shape index (κ2) is 5.80. The van der Waals surface area contributed by atoms with Crippen molar-refractivity contribution in [2.45, 2.75) is 13.0 Å². The van der Waals surface area contributed by atoms with Gasteiger partial charge in [0.05, 0.1) is 40.5 Å². The normalized spacial score (nSPS) is 19.6. The van der Waals surface area contributed by atoms with Gasteiger partial charge in [-0.15, -0.1) is 0 Å². The van der Waals surface area contributed by atoms with Gasteiger partial charge in [0.2, 0.25) is 0 Å². The van der Waals surface area contributed by atoms with Crippen LogP contribution in [0.1, 0.15) is 18.5 Å². The van der Waals surface area contributed by atoms with E-state index in [0.717, 1.165) is 0 Å². The van der Waals surface area contributed by atoms with Crippen LogP contribution in [-0.4, -0.2) is 30.6 Å². The molecule has 3 rings (SSSR count). The van der Waals surface area contributed by atoms with E-state index in [-0.39, 0.29) is 23.4 Å². The van der Waals surface area contributed by atoms with Gasteiger partial charge in [-0.3, -0.25) is 10.1 Å². The van der Waals surface area contributed by atoms with Crippen molar-refractivity contribution < 1.29 is 24.0 Å². The van der Waals surface area contributed by atoms with Crippen LogP contribution in [0.4, 0.5) is 5.69 Å². The number of ether oxygens (including phenoxy) is 2. The Labute approximate surface area is 136 Å². The molecule has 0 saturated carbocycles. The largest absolute Gasteiger partial charge is 0.466 e. The Bertz CT molecular complexity index is 824. The first-order chi connectivity index (χ1) is 11.5. The summed E-state index contributed by atoms with van der Waals surface area (Å²) in [4.78, 5) is 35.0. The fourth-order valence-corrected chi connectivity index (χ4v) is 3.01. The third-order valence-electron chi connectivity index (χ3n) is 4.09. The minimum absolute atomic E-state index is 0.0388. The molecule has 124 valence electrons. The number of rotatable bonds is 3. The van der Waals surface area contributed by atoms with Gasteiger partial charge in [0.1, 0.15) is 6.61 Å². The molecule has 0 amide bonds. The molecule has 2 aliphatic rings. The molecule has 0 bridgehead atoms. The molecular weight excluding hydrogens is 316 g/mol. The molecule has 24 heavy (non-hydrogen) atoms. The summed E-state index contributed by atoms with van der Waals surface area (Å²) in [6.07, 6.45) is 0. The van der Waals surface area contributed by atoms with Gasteiger partial charge in [-0.2, -0.15) is 0 Å². The van der Waals surface area contributed by atoms with Gasteiger partial charge in [-0.05, 0) is 18.6 Å². The van der Waals surface area contributed by atoms with E-state index in [1.807, 2.05) is 0 Å². The second-order valence-electron chi connectivity index (χ2n) is 5.35. The van der Waals surface area contributed by atoms with Crippen LogP contribution in [-0.2, 0) is 19.1 Å². The maximum atomic E-state index is 12.3. The maximum Gasteiger partial charge on any atom is 0.340 e. The van der Waals surface area contributed by atoms with Crippen LogP contribution in [0.3, 0.4) is 0 Å². The summed E-state index contributed by atoms with van der Waals surface area (Å²) >= 11 is 0. The molecule has 0 unspecified atom stereocenters. The molecule has 8 heteroatoms. The Morgan fingerprint density at radius 2 is 2.12 bits per heavy atom. The number of benzene rings is 1. The molecule has 1 atom stereocenters. The Balaban J connectivity index is 2.19. The first-order valence-electron chi connectivity index (χ1n) is 7.15. The molecular formula is C16H14N2O6. The number of hydrogen-bond acceptors (Lipinski definition) is 7. The van der Waals surface area contributed by atoms with Crippen LogP contribution in [0.5, 0.6) is 0 Å². The molecule has 2 aliphatic heterocycles. The van der Waals surface area contributed by atoms with Crippen LogP contribution in [0.2, 0.25) is 0 Å². The van der Waals surface area contributed by atoms with E-state index in [1.54, 1.807) is 25.1 Å². The monoisotopic (exact) mass is 330 g/mol. The highest BCUT2D eigenvalue weighted by Gasteiger charge is 2.40. The molecule has 0 spiro atoms. The number of cyclic esters (lactones) is 1. The van der Waals surface area contributed by atoms with Crippen molar-refractivity contribution in [2.75, 3.05) is 13.7 Å². The van der Waals surface area contributed by atoms with Gasteiger partial charge in [0.25, 0.3) is 5.69 Å². The first kappa shape index (κ1) is 15.7. The van der Waals surface area contributed by atoms with Gasteiger partial charge in [0.15, 0.2) is 0 Å². The van der Waals surface area contributed by atoms with E-state index in [1.165, 1.54) is 13.2 Å². The quantitative estimate of drug-likeness (QED) is 0.509. The summed E-state index contributed by atoms with van der Waals surface area (Å²) in [7, 11) is 1.22. The zero-order valence-electron chi connectivity index (χ0n) is 13.0. The summed E-state index contributed by atoms with van der Waals surface area (Å²) in [5.41, 5.74) is 1.54. The molecule has 0 fully saturated rings. The first-order valence-corrected chi connectivity index (χ1v) is 7.15. The molecule has 1 aromatic rings. The molecule has 2 heterocycles. The minimum atomic E-state index is -0.799. The Hall–Kier alpha value is -3.16. The van der Waals surface area contributed by atoms with Crippen molar-refractivity contribution in [3.8, 4) is 0 Å². The number of carbonyl (C=O) groups excluding carboxylic acids is 2. The van der Waals surface area contributed by atoms with Crippen molar-refractivity contribution in [3.63, 3.8) is 0 Å². The highest BCUT2D eigenvalue weighted by atomic mass is 16.6. The van der Waals surface area contributed by atoms with Crippen LogP contribution in [0.25, 0.3) is 0 Å².